The van der Waals surface area contributed by atoms with E-state index in [9.17, 15) is 0 Å². The summed E-state index contributed by atoms with van der Waals surface area (Å²) in [4.78, 5) is 2.27. The molecular weight excluding hydrogens is 138 g/mol. The summed E-state index contributed by atoms with van der Waals surface area (Å²) in [6.45, 7) is 8.22. The largest absolute Gasteiger partial charge is 0.329 e. The highest BCUT2D eigenvalue weighted by Gasteiger charge is 1.97. The van der Waals surface area contributed by atoms with Crippen LogP contribution in [0.15, 0.2) is 0 Å². The van der Waals surface area contributed by atoms with Gasteiger partial charge in [-0.2, -0.15) is 0 Å². The lowest BCUT2D eigenvalue weighted by molar-refractivity contribution is 0.342. The highest BCUT2D eigenvalue weighted by Crippen LogP contribution is 1.80. The van der Waals surface area contributed by atoms with Crippen molar-refractivity contribution < 1.29 is 0 Å². The van der Waals surface area contributed by atoms with Crippen LogP contribution in [0.4, 0.5) is 0 Å². The summed E-state index contributed by atoms with van der Waals surface area (Å²) < 4.78 is 0. The monoisotopic (exact) mass is 159 g/mol. The zero-order valence-electron chi connectivity index (χ0n) is 7.93. The van der Waals surface area contributed by atoms with Crippen LogP contribution in [0.25, 0.3) is 0 Å². The second-order valence-electron chi connectivity index (χ2n) is 2.99. The highest BCUT2D eigenvalue weighted by molar-refractivity contribution is 4.61. The summed E-state index contributed by atoms with van der Waals surface area (Å²) in [7, 11) is 2.12. The Labute approximate surface area is 69.9 Å². The minimum absolute atomic E-state index is 0.445. The van der Waals surface area contributed by atoms with Gasteiger partial charge in [-0.25, -0.2) is 0 Å². The van der Waals surface area contributed by atoms with Crippen LogP contribution in [-0.4, -0.2) is 44.2 Å². The molecule has 3 nitrogen and oxygen atoms in total. The molecule has 0 saturated carbocycles. The van der Waals surface area contributed by atoms with Crippen LogP contribution in [0, 0.1) is 0 Å². The van der Waals surface area contributed by atoms with Crippen LogP contribution in [-0.2, 0) is 0 Å². The normalized spacial score (nSPS) is 13.9. The van der Waals surface area contributed by atoms with Crippen molar-refractivity contribution in [1.29, 1.82) is 0 Å². The van der Waals surface area contributed by atoms with Crippen molar-refractivity contribution in [2.45, 2.75) is 19.9 Å². The first-order valence-corrected chi connectivity index (χ1v) is 4.32. The van der Waals surface area contributed by atoms with E-state index in [1.807, 2.05) is 0 Å². The van der Waals surface area contributed by atoms with Crippen LogP contribution in [0.5, 0.6) is 0 Å². The Kier molecular flexibility index (Phi) is 6.51. The molecule has 0 bridgehead atoms. The standard InChI is InChI=1S/C8H21N3/c1-4-11(3)6-5-10-8(2)7-9/h8,10H,4-7,9H2,1-3H3. The van der Waals surface area contributed by atoms with E-state index >= 15 is 0 Å². The van der Waals surface area contributed by atoms with E-state index in [1.165, 1.54) is 0 Å². The molecule has 0 rings (SSSR count). The summed E-state index contributed by atoms with van der Waals surface area (Å²) in [5.41, 5.74) is 5.45. The molecule has 68 valence electrons. The number of hydrogen-bond donors (Lipinski definition) is 2. The van der Waals surface area contributed by atoms with E-state index in [-0.39, 0.29) is 0 Å². The van der Waals surface area contributed by atoms with Gasteiger partial charge in [0.05, 0.1) is 0 Å². The van der Waals surface area contributed by atoms with Crippen molar-refractivity contribution in [3.63, 3.8) is 0 Å². The molecule has 0 aromatic carbocycles. The lowest BCUT2D eigenvalue weighted by Gasteiger charge is -2.16. The number of nitrogens with one attached hydrogen (secondary N) is 1. The van der Waals surface area contributed by atoms with Gasteiger partial charge in [0.15, 0.2) is 0 Å². The van der Waals surface area contributed by atoms with Gasteiger partial charge in [0, 0.05) is 25.7 Å². The molecule has 0 spiro atoms. The molecule has 0 amide bonds. The molecule has 0 heterocycles. The Morgan fingerprint density at radius 1 is 1.55 bits per heavy atom. The minimum Gasteiger partial charge on any atom is -0.329 e. The van der Waals surface area contributed by atoms with Crippen LogP contribution in [0.3, 0.4) is 0 Å². The minimum atomic E-state index is 0.445. The second kappa shape index (κ2) is 6.58. The maximum Gasteiger partial charge on any atom is 0.0162 e. The molecule has 0 fully saturated rings. The molecule has 1 atom stereocenters. The molecule has 0 radical (unpaired) electrons. The van der Waals surface area contributed by atoms with Gasteiger partial charge >= 0.3 is 0 Å². The topological polar surface area (TPSA) is 41.3 Å². The van der Waals surface area contributed by atoms with Gasteiger partial charge in [-0.15, -0.1) is 0 Å². The van der Waals surface area contributed by atoms with Gasteiger partial charge in [0.25, 0.3) is 0 Å². The molecule has 3 heteroatoms. The van der Waals surface area contributed by atoms with Gasteiger partial charge in [-0.05, 0) is 20.5 Å². The molecule has 11 heavy (non-hydrogen) atoms. The molecule has 0 aliphatic rings. The number of likely N-dealkylation sites (N-methyl/N-ethyl adjacent to an activating group) is 1. The molecule has 0 saturated heterocycles. The van der Waals surface area contributed by atoms with Gasteiger partial charge in [0.1, 0.15) is 0 Å². The fourth-order valence-electron chi connectivity index (χ4n) is 0.743. The summed E-state index contributed by atoms with van der Waals surface area (Å²) >= 11 is 0. The average Bonchev–Trinajstić information content (AvgIpc) is 2.04. The molecule has 0 aromatic heterocycles. The van der Waals surface area contributed by atoms with E-state index in [0.29, 0.717) is 6.04 Å². The van der Waals surface area contributed by atoms with Crippen LogP contribution < -0.4 is 11.1 Å². The number of rotatable bonds is 6. The lowest BCUT2D eigenvalue weighted by atomic mass is 10.3. The van der Waals surface area contributed by atoms with Crippen molar-refractivity contribution in [3.8, 4) is 0 Å². The third-order valence-corrected chi connectivity index (χ3v) is 1.88. The van der Waals surface area contributed by atoms with Crippen molar-refractivity contribution in [2.75, 3.05) is 33.2 Å². The van der Waals surface area contributed by atoms with E-state index in [2.05, 4.69) is 31.1 Å². The zero-order chi connectivity index (χ0) is 8.69. The quantitative estimate of drug-likeness (QED) is 0.567. The molecule has 1 unspecified atom stereocenters. The van der Waals surface area contributed by atoms with Crippen LogP contribution >= 0.6 is 0 Å². The van der Waals surface area contributed by atoms with Crippen LogP contribution in [0.1, 0.15) is 13.8 Å². The van der Waals surface area contributed by atoms with Gasteiger partial charge in [0.2, 0.25) is 0 Å². The highest BCUT2D eigenvalue weighted by atomic mass is 15.1. The number of nitrogens with zero attached hydrogens (tertiary/aromatic N) is 1. The first-order chi connectivity index (χ1) is 5.20. The molecular formula is C8H21N3. The van der Waals surface area contributed by atoms with Gasteiger partial charge in [-0.1, -0.05) is 6.92 Å². The lowest BCUT2D eigenvalue weighted by Crippen LogP contribution is -2.38. The van der Waals surface area contributed by atoms with E-state index in [4.69, 9.17) is 5.73 Å². The summed E-state index contributed by atoms with van der Waals surface area (Å²) in [5, 5.41) is 3.33. The maximum absolute atomic E-state index is 5.45. The predicted octanol–water partition coefficient (Wildman–Crippen LogP) is -0.125. The van der Waals surface area contributed by atoms with Crippen LogP contribution in [0.2, 0.25) is 0 Å². The third-order valence-electron chi connectivity index (χ3n) is 1.88. The Morgan fingerprint density at radius 3 is 2.64 bits per heavy atom. The van der Waals surface area contributed by atoms with E-state index < -0.39 is 0 Å². The fraction of sp³-hybridized carbons (Fsp3) is 1.00. The van der Waals surface area contributed by atoms with Crippen molar-refractivity contribution >= 4 is 0 Å². The van der Waals surface area contributed by atoms with E-state index in [0.717, 1.165) is 26.2 Å². The molecule has 0 aliphatic carbocycles. The number of hydrogen-bond acceptors (Lipinski definition) is 3. The van der Waals surface area contributed by atoms with Gasteiger partial charge < -0.3 is 16.0 Å². The Bertz CT molecular complexity index is 75.4. The SMILES string of the molecule is CCN(C)CCNC(C)CN. The first-order valence-electron chi connectivity index (χ1n) is 4.32. The molecule has 0 aliphatic heterocycles. The maximum atomic E-state index is 5.45. The molecule has 0 aromatic rings. The van der Waals surface area contributed by atoms with Crippen molar-refractivity contribution in [3.05, 3.63) is 0 Å². The zero-order valence-corrected chi connectivity index (χ0v) is 7.93. The summed E-state index contributed by atoms with van der Waals surface area (Å²) in [5.74, 6) is 0. The summed E-state index contributed by atoms with van der Waals surface area (Å²) in [6.07, 6.45) is 0. The predicted molar refractivity (Wildman–Crippen MR) is 49.7 cm³/mol. The van der Waals surface area contributed by atoms with Crippen molar-refractivity contribution in [1.82, 2.24) is 10.2 Å². The Morgan fingerprint density at radius 2 is 2.18 bits per heavy atom. The third kappa shape index (κ3) is 6.28. The number of nitrogens with two attached hydrogens (primary N) is 1. The second-order valence-corrected chi connectivity index (χ2v) is 2.99. The van der Waals surface area contributed by atoms with E-state index in [1.54, 1.807) is 0 Å². The summed E-state index contributed by atoms with van der Waals surface area (Å²) in [6, 6.07) is 0.445. The first kappa shape index (κ1) is 10.9. The van der Waals surface area contributed by atoms with Gasteiger partial charge in [-0.3, -0.25) is 0 Å². The average molecular weight is 159 g/mol. The van der Waals surface area contributed by atoms with Crippen molar-refractivity contribution in [2.24, 2.45) is 5.73 Å². The Balaban J connectivity index is 3.13. The Hall–Kier alpha value is -0.120. The smallest absolute Gasteiger partial charge is 0.0162 e. The fourth-order valence-corrected chi connectivity index (χ4v) is 0.743. The molecule has 3 N–H and O–H groups in total.